The second-order valence-corrected chi connectivity index (χ2v) is 4.34. The van der Waals surface area contributed by atoms with Gasteiger partial charge in [-0.05, 0) is 39.8 Å². The van der Waals surface area contributed by atoms with E-state index in [1.54, 1.807) is 0 Å². The fourth-order valence-corrected chi connectivity index (χ4v) is 1.91. The van der Waals surface area contributed by atoms with Gasteiger partial charge in [0.25, 0.3) is 5.89 Å². The van der Waals surface area contributed by atoms with Crippen LogP contribution in [0.15, 0.2) is 16.7 Å². The summed E-state index contributed by atoms with van der Waals surface area (Å²) in [6.07, 6.45) is -0.615. The first-order valence-electron chi connectivity index (χ1n) is 6.66. The van der Waals surface area contributed by atoms with E-state index in [4.69, 9.17) is 14.0 Å². The van der Waals surface area contributed by atoms with Crippen LogP contribution in [0.3, 0.4) is 0 Å². The molecule has 0 atom stereocenters. The number of aryl methyl sites for hydroxylation is 2. The van der Waals surface area contributed by atoms with E-state index in [-0.39, 0.29) is 0 Å². The lowest BCUT2D eigenvalue weighted by molar-refractivity contribution is -0.155. The number of pyridine rings is 1. The Balaban J connectivity index is 2.27. The van der Waals surface area contributed by atoms with Crippen LogP contribution >= 0.6 is 0 Å². The van der Waals surface area contributed by atoms with Crippen LogP contribution in [-0.2, 0) is 9.47 Å². The molecule has 0 aliphatic carbocycles. The summed E-state index contributed by atoms with van der Waals surface area (Å²) in [5, 5.41) is 3.98. The van der Waals surface area contributed by atoms with Gasteiger partial charge in [-0.3, -0.25) is 4.98 Å². The highest BCUT2D eigenvalue weighted by atomic mass is 16.7. The summed E-state index contributed by atoms with van der Waals surface area (Å²) >= 11 is 0. The highest BCUT2D eigenvalue weighted by Crippen LogP contribution is 2.22. The van der Waals surface area contributed by atoms with Crippen LogP contribution in [0.2, 0.25) is 0 Å². The van der Waals surface area contributed by atoms with E-state index in [2.05, 4.69) is 15.1 Å². The SMILES string of the molecule is CCOC(OCC)c1nc(-c2cc(C)nc(C)c2)no1. The van der Waals surface area contributed by atoms with Gasteiger partial charge in [-0.25, -0.2) is 0 Å². The van der Waals surface area contributed by atoms with E-state index in [1.165, 1.54) is 0 Å². The van der Waals surface area contributed by atoms with Crippen LogP contribution in [0.25, 0.3) is 11.4 Å². The van der Waals surface area contributed by atoms with Crippen molar-refractivity contribution in [1.29, 1.82) is 0 Å². The molecule has 0 radical (unpaired) electrons. The van der Waals surface area contributed by atoms with Gasteiger partial charge in [0.15, 0.2) is 0 Å². The van der Waals surface area contributed by atoms with Crippen molar-refractivity contribution in [3.63, 3.8) is 0 Å². The fraction of sp³-hybridized carbons (Fsp3) is 0.500. The Kier molecular flexibility index (Phi) is 4.81. The number of hydrogen-bond donors (Lipinski definition) is 0. The number of aromatic nitrogens is 3. The van der Waals surface area contributed by atoms with E-state index in [1.807, 2.05) is 39.8 Å². The average Bonchev–Trinajstić information content (AvgIpc) is 2.87. The van der Waals surface area contributed by atoms with Gasteiger partial charge in [0.2, 0.25) is 12.1 Å². The molecule has 2 rings (SSSR count). The van der Waals surface area contributed by atoms with Gasteiger partial charge >= 0.3 is 0 Å². The molecule has 0 N–H and O–H groups in total. The molecule has 6 heteroatoms. The molecule has 0 aliphatic heterocycles. The van der Waals surface area contributed by atoms with E-state index < -0.39 is 6.29 Å². The normalized spacial score (nSPS) is 11.2. The minimum absolute atomic E-state index is 0.329. The molecule has 2 aromatic heterocycles. The molecule has 2 aromatic rings. The van der Waals surface area contributed by atoms with Crippen LogP contribution in [-0.4, -0.2) is 28.3 Å². The monoisotopic (exact) mass is 277 g/mol. The molecule has 2 heterocycles. The van der Waals surface area contributed by atoms with Gasteiger partial charge in [-0.2, -0.15) is 4.98 Å². The zero-order valence-corrected chi connectivity index (χ0v) is 12.2. The molecule has 108 valence electrons. The molecule has 0 spiro atoms. The van der Waals surface area contributed by atoms with Crippen molar-refractivity contribution in [3.8, 4) is 11.4 Å². The summed E-state index contributed by atoms with van der Waals surface area (Å²) in [5.74, 6) is 0.842. The predicted octanol–water partition coefficient (Wildman–Crippen LogP) is 2.82. The minimum Gasteiger partial charge on any atom is -0.345 e. The van der Waals surface area contributed by atoms with Crippen molar-refractivity contribution in [2.75, 3.05) is 13.2 Å². The zero-order chi connectivity index (χ0) is 14.5. The summed E-state index contributed by atoms with van der Waals surface area (Å²) in [6, 6.07) is 3.83. The summed E-state index contributed by atoms with van der Waals surface area (Å²) in [7, 11) is 0. The van der Waals surface area contributed by atoms with Crippen LogP contribution < -0.4 is 0 Å². The molecule has 0 bridgehead atoms. The Bertz CT molecular complexity index is 542. The smallest absolute Gasteiger partial charge is 0.283 e. The van der Waals surface area contributed by atoms with E-state index in [0.29, 0.717) is 24.9 Å². The third-order valence-electron chi connectivity index (χ3n) is 2.62. The van der Waals surface area contributed by atoms with Crippen LogP contribution in [0, 0.1) is 13.8 Å². The van der Waals surface area contributed by atoms with E-state index >= 15 is 0 Å². The Morgan fingerprint density at radius 1 is 1.05 bits per heavy atom. The van der Waals surface area contributed by atoms with Crippen molar-refractivity contribution in [2.24, 2.45) is 0 Å². The first kappa shape index (κ1) is 14.6. The third kappa shape index (κ3) is 3.40. The minimum atomic E-state index is -0.615. The zero-order valence-electron chi connectivity index (χ0n) is 12.2. The van der Waals surface area contributed by atoms with Gasteiger partial charge < -0.3 is 14.0 Å². The van der Waals surface area contributed by atoms with Crippen LogP contribution in [0.4, 0.5) is 0 Å². The average molecular weight is 277 g/mol. The first-order valence-corrected chi connectivity index (χ1v) is 6.66. The topological polar surface area (TPSA) is 70.3 Å². The van der Waals surface area contributed by atoms with Crippen molar-refractivity contribution in [2.45, 2.75) is 34.0 Å². The maximum absolute atomic E-state index is 5.43. The maximum atomic E-state index is 5.43. The van der Waals surface area contributed by atoms with E-state index in [0.717, 1.165) is 17.0 Å². The van der Waals surface area contributed by atoms with Crippen molar-refractivity contribution in [1.82, 2.24) is 15.1 Å². The third-order valence-corrected chi connectivity index (χ3v) is 2.62. The Labute approximate surface area is 118 Å². The van der Waals surface area contributed by atoms with Crippen molar-refractivity contribution < 1.29 is 14.0 Å². The quantitative estimate of drug-likeness (QED) is 0.756. The van der Waals surface area contributed by atoms with Crippen molar-refractivity contribution >= 4 is 0 Å². The van der Waals surface area contributed by atoms with Crippen molar-refractivity contribution in [3.05, 3.63) is 29.4 Å². The highest BCUT2D eigenvalue weighted by Gasteiger charge is 2.20. The summed E-state index contributed by atoms with van der Waals surface area (Å²) in [4.78, 5) is 8.67. The molecular formula is C14H19N3O3. The van der Waals surface area contributed by atoms with Gasteiger partial charge in [0.05, 0.1) is 0 Å². The predicted molar refractivity (Wildman–Crippen MR) is 73.0 cm³/mol. The standard InChI is InChI=1S/C14H19N3O3/c1-5-18-14(19-6-2)13-16-12(17-20-13)11-7-9(3)15-10(4)8-11/h7-8,14H,5-6H2,1-4H3. The molecule has 20 heavy (non-hydrogen) atoms. The second kappa shape index (κ2) is 6.58. The molecule has 6 nitrogen and oxygen atoms in total. The van der Waals surface area contributed by atoms with Gasteiger partial charge in [0.1, 0.15) is 0 Å². The lowest BCUT2D eigenvalue weighted by Gasteiger charge is -2.11. The Morgan fingerprint density at radius 3 is 2.20 bits per heavy atom. The second-order valence-electron chi connectivity index (χ2n) is 4.34. The maximum Gasteiger partial charge on any atom is 0.283 e. The number of rotatable bonds is 6. The molecule has 0 aliphatic rings. The lowest BCUT2D eigenvalue weighted by Crippen LogP contribution is -2.09. The Hall–Kier alpha value is -1.79. The number of hydrogen-bond acceptors (Lipinski definition) is 6. The molecule has 0 aromatic carbocycles. The molecule has 0 saturated carbocycles. The Morgan fingerprint density at radius 2 is 1.65 bits per heavy atom. The summed E-state index contributed by atoms with van der Waals surface area (Å²) in [6.45, 7) is 8.66. The molecule has 0 saturated heterocycles. The van der Waals surface area contributed by atoms with Gasteiger partial charge in [-0.1, -0.05) is 5.16 Å². The number of nitrogens with zero attached hydrogens (tertiary/aromatic N) is 3. The summed E-state index contributed by atoms with van der Waals surface area (Å²) < 4.78 is 16.1. The molecule has 0 fully saturated rings. The first-order chi connectivity index (χ1) is 9.63. The molecule has 0 unspecified atom stereocenters. The van der Waals surface area contributed by atoms with Crippen LogP contribution in [0.5, 0.6) is 0 Å². The van der Waals surface area contributed by atoms with Gasteiger partial charge in [0, 0.05) is 30.2 Å². The van der Waals surface area contributed by atoms with Crippen LogP contribution in [0.1, 0.15) is 37.4 Å². The molecule has 0 amide bonds. The largest absolute Gasteiger partial charge is 0.345 e. The summed E-state index contributed by atoms with van der Waals surface area (Å²) in [5.41, 5.74) is 2.70. The fourth-order valence-electron chi connectivity index (χ4n) is 1.91. The highest BCUT2D eigenvalue weighted by molar-refractivity contribution is 5.55. The number of ether oxygens (including phenoxy) is 2. The van der Waals surface area contributed by atoms with E-state index in [9.17, 15) is 0 Å². The molecular weight excluding hydrogens is 258 g/mol. The lowest BCUT2D eigenvalue weighted by atomic mass is 10.2. The van der Waals surface area contributed by atoms with Gasteiger partial charge in [-0.15, -0.1) is 0 Å².